The van der Waals surface area contributed by atoms with Crippen LogP contribution in [0.15, 0.2) is 0 Å². The number of carboxylic acid groups (broad SMARTS) is 1. The van der Waals surface area contributed by atoms with Crippen LogP contribution in [-0.2, 0) is 0 Å². The molecule has 0 saturated carbocycles. The molecule has 0 rings (SSSR count). The number of nitrogens with zero attached hydrogens (tertiary/aromatic N) is 1. The lowest BCUT2D eigenvalue weighted by Gasteiger charge is -2.24. The molecule has 1 unspecified atom stereocenters. The predicted molar refractivity (Wildman–Crippen MR) is 48.2 cm³/mol. The SMILES string of the molecule is CCCCN(C(=O)O)C(C)CN. The summed E-state index contributed by atoms with van der Waals surface area (Å²) in [5, 5.41) is 8.77. The molecule has 4 heteroatoms. The Morgan fingerprint density at radius 1 is 1.67 bits per heavy atom. The minimum Gasteiger partial charge on any atom is -0.465 e. The molecule has 0 heterocycles. The summed E-state index contributed by atoms with van der Waals surface area (Å²) in [6.07, 6.45) is 1.03. The highest BCUT2D eigenvalue weighted by atomic mass is 16.4. The number of rotatable bonds is 5. The van der Waals surface area contributed by atoms with Gasteiger partial charge in [0.15, 0.2) is 0 Å². The van der Waals surface area contributed by atoms with Gasteiger partial charge in [-0.3, -0.25) is 0 Å². The van der Waals surface area contributed by atoms with Crippen molar-refractivity contribution >= 4 is 6.09 Å². The maximum atomic E-state index is 10.7. The highest BCUT2D eigenvalue weighted by Crippen LogP contribution is 2.01. The Morgan fingerprint density at radius 2 is 2.25 bits per heavy atom. The largest absolute Gasteiger partial charge is 0.465 e. The van der Waals surface area contributed by atoms with Gasteiger partial charge in [-0.25, -0.2) is 4.79 Å². The third-order valence-corrected chi connectivity index (χ3v) is 1.87. The molecule has 0 spiro atoms. The molecule has 0 aliphatic heterocycles. The zero-order valence-corrected chi connectivity index (χ0v) is 7.79. The summed E-state index contributed by atoms with van der Waals surface area (Å²) in [4.78, 5) is 12.1. The van der Waals surface area contributed by atoms with Gasteiger partial charge in [-0.05, 0) is 13.3 Å². The van der Waals surface area contributed by atoms with Gasteiger partial charge in [-0.2, -0.15) is 0 Å². The van der Waals surface area contributed by atoms with Gasteiger partial charge in [0.2, 0.25) is 0 Å². The summed E-state index contributed by atoms with van der Waals surface area (Å²) >= 11 is 0. The Kier molecular flexibility index (Phi) is 5.45. The number of nitrogens with two attached hydrogens (primary N) is 1. The molecule has 3 N–H and O–H groups in total. The first-order valence-electron chi connectivity index (χ1n) is 4.33. The lowest BCUT2D eigenvalue weighted by atomic mass is 10.2. The molecule has 0 aromatic carbocycles. The number of amides is 1. The molecule has 4 nitrogen and oxygen atoms in total. The smallest absolute Gasteiger partial charge is 0.407 e. The van der Waals surface area contributed by atoms with Crippen molar-refractivity contribution in [3.8, 4) is 0 Å². The van der Waals surface area contributed by atoms with Crippen LogP contribution in [0.5, 0.6) is 0 Å². The molecule has 0 saturated heterocycles. The van der Waals surface area contributed by atoms with Crippen LogP contribution in [-0.4, -0.2) is 35.2 Å². The molecular weight excluding hydrogens is 156 g/mol. The Hall–Kier alpha value is -0.770. The molecule has 0 fully saturated rings. The summed E-state index contributed by atoms with van der Waals surface area (Å²) in [5.74, 6) is 0. The van der Waals surface area contributed by atoms with Crippen LogP contribution in [0.3, 0.4) is 0 Å². The molecule has 0 aromatic heterocycles. The first-order chi connectivity index (χ1) is 5.63. The van der Waals surface area contributed by atoms with Crippen molar-refractivity contribution in [3.05, 3.63) is 0 Å². The summed E-state index contributed by atoms with van der Waals surface area (Å²) < 4.78 is 0. The second-order valence-corrected chi connectivity index (χ2v) is 2.91. The molecule has 1 amide bonds. The zero-order chi connectivity index (χ0) is 9.56. The number of carbonyl (C=O) groups is 1. The van der Waals surface area contributed by atoms with Crippen LogP contribution in [0, 0.1) is 0 Å². The second kappa shape index (κ2) is 5.83. The van der Waals surface area contributed by atoms with E-state index in [1.165, 1.54) is 4.90 Å². The lowest BCUT2D eigenvalue weighted by Crippen LogP contribution is -2.42. The molecule has 0 radical (unpaired) electrons. The minimum absolute atomic E-state index is 0.0750. The van der Waals surface area contributed by atoms with Gasteiger partial charge in [0.25, 0.3) is 0 Å². The minimum atomic E-state index is -0.874. The maximum absolute atomic E-state index is 10.7. The normalized spacial score (nSPS) is 12.6. The quantitative estimate of drug-likeness (QED) is 0.656. The van der Waals surface area contributed by atoms with E-state index in [4.69, 9.17) is 10.8 Å². The van der Waals surface area contributed by atoms with Crippen molar-refractivity contribution in [2.75, 3.05) is 13.1 Å². The highest BCUT2D eigenvalue weighted by molar-refractivity contribution is 5.65. The average Bonchev–Trinajstić information content (AvgIpc) is 2.04. The number of hydrogen-bond donors (Lipinski definition) is 2. The molecule has 72 valence electrons. The molecule has 12 heavy (non-hydrogen) atoms. The van der Waals surface area contributed by atoms with Crippen LogP contribution in [0.4, 0.5) is 4.79 Å². The van der Waals surface area contributed by atoms with E-state index in [1.807, 2.05) is 13.8 Å². The number of hydrogen-bond acceptors (Lipinski definition) is 2. The van der Waals surface area contributed by atoms with Gasteiger partial charge in [-0.1, -0.05) is 13.3 Å². The van der Waals surface area contributed by atoms with E-state index >= 15 is 0 Å². The predicted octanol–water partition coefficient (Wildman–Crippen LogP) is 1.11. The molecule has 0 bridgehead atoms. The fraction of sp³-hybridized carbons (Fsp3) is 0.875. The van der Waals surface area contributed by atoms with Crippen molar-refractivity contribution in [2.45, 2.75) is 32.7 Å². The fourth-order valence-electron chi connectivity index (χ4n) is 0.960. The Bertz CT molecular complexity index is 139. The number of unbranched alkanes of at least 4 members (excludes halogenated alkanes) is 1. The third kappa shape index (κ3) is 3.57. The molecular formula is C8H18N2O2. The van der Waals surface area contributed by atoms with E-state index in [0.29, 0.717) is 13.1 Å². The van der Waals surface area contributed by atoms with Gasteiger partial charge in [0.1, 0.15) is 0 Å². The summed E-state index contributed by atoms with van der Waals surface area (Å²) in [7, 11) is 0. The Balaban J connectivity index is 3.94. The van der Waals surface area contributed by atoms with Gasteiger partial charge in [0.05, 0.1) is 0 Å². The van der Waals surface area contributed by atoms with Crippen LogP contribution < -0.4 is 5.73 Å². The second-order valence-electron chi connectivity index (χ2n) is 2.91. The molecule has 0 aromatic rings. The van der Waals surface area contributed by atoms with E-state index in [9.17, 15) is 4.79 Å². The first-order valence-corrected chi connectivity index (χ1v) is 4.33. The van der Waals surface area contributed by atoms with Crippen molar-refractivity contribution in [1.82, 2.24) is 4.90 Å². The third-order valence-electron chi connectivity index (χ3n) is 1.87. The Labute approximate surface area is 73.3 Å². The topological polar surface area (TPSA) is 66.6 Å². The van der Waals surface area contributed by atoms with Crippen LogP contribution >= 0.6 is 0 Å². The van der Waals surface area contributed by atoms with Crippen LogP contribution in [0.2, 0.25) is 0 Å². The van der Waals surface area contributed by atoms with Gasteiger partial charge >= 0.3 is 6.09 Å². The first kappa shape index (κ1) is 11.2. The average molecular weight is 174 g/mol. The van der Waals surface area contributed by atoms with Crippen LogP contribution in [0.25, 0.3) is 0 Å². The van der Waals surface area contributed by atoms with E-state index < -0.39 is 6.09 Å². The summed E-state index contributed by atoms with van der Waals surface area (Å²) in [6.45, 7) is 4.83. The van der Waals surface area contributed by atoms with E-state index in [-0.39, 0.29) is 6.04 Å². The van der Waals surface area contributed by atoms with Crippen molar-refractivity contribution in [3.63, 3.8) is 0 Å². The lowest BCUT2D eigenvalue weighted by molar-refractivity contribution is 0.129. The van der Waals surface area contributed by atoms with Crippen LogP contribution in [0.1, 0.15) is 26.7 Å². The monoisotopic (exact) mass is 174 g/mol. The maximum Gasteiger partial charge on any atom is 0.407 e. The standard InChI is InChI=1S/C8H18N2O2/c1-3-4-5-10(8(11)12)7(2)6-9/h7H,3-6,9H2,1-2H3,(H,11,12). The Morgan fingerprint density at radius 3 is 2.58 bits per heavy atom. The van der Waals surface area contributed by atoms with Crippen molar-refractivity contribution in [1.29, 1.82) is 0 Å². The zero-order valence-electron chi connectivity index (χ0n) is 7.79. The van der Waals surface area contributed by atoms with E-state index in [2.05, 4.69) is 0 Å². The summed E-state index contributed by atoms with van der Waals surface area (Å²) in [5.41, 5.74) is 5.38. The van der Waals surface area contributed by atoms with E-state index in [0.717, 1.165) is 12.8 Å². The van der Waals surface area contributed by atoms with Gasteiger partial charge < -0.3 is 15.7 Å². The van der Waals surface area contributed by atoms with Crippen molar-refractivity contribution in [2.24, 2.45) is 5.73 Å². The summed E-state index contributed by atoms with van der Waals surface area (Å²) in [6, 6.07) is -0.0750. The van der Waals surface area contributed by atoms with Crippen molar-refractivity contribution < 1.29 is 9.90 Å². The van der Waals surface area contributed by atoms with Gasteiger partial charge in [-0.15, -0.1) is 0 Å². The highest BCUT2D eigenvalue weighted by Gasteiger charge is 2.16. The van der Waals surface area contributed by atoms with Gasteiger partial charge in [0, 0.05) is 19.1 Å². The van der Waals surface area contributed by atoms with E-state index in [1.54, 1.807) is 0 Å². The fourth-order valence-corrected chi connectivity index (χ4v) is 0.960. The molecule has 1 atom stereocenters. The molecule has 0 aliphatic rings. The molecule has 0 aliphatic carbocycles.